The third-order valence-corrected chi connectivity index (χ3v) is 3.27. The largest absolute Gasteiger partial charge is 0.431 e. The first-order valence-corrected chi connectivity index (χ1v) is 6.22. The fourth-order valence-corrected chi connectivity index (χ4v) is 2.37. The number of hydrogen-bond acceptors (Lipinski definition) is 6. The van der Waals surface area contributed by atoms with E-state index in [-0.39, 0.29) is 0 Å². The van der Waals surface area contributed by atoms with Crippen molar-refractivity contribution in [2.24, 2.45) is 5.73 Å². The van der Waals surface area contributed by atoms with Crippen LogP contribution in [0.1, 0.15) is 5.69 Å². The summed E-state index contributed by atoms with van der Waals surface area (Å²) >= 11 is 1.33. The minimum atomic E-state index is 0.344. The summed E-state index contributed by atoms with van der Waals surface area (Å²) in [7, 11) is 0. The molecule has 0 bridgehead atoms. The SMILES string of the molecule is NCc1nccnc1Sc1nc2ccccc2o1. The molecule has 0 saturated heterocycles. The van der Waals surface area contributed by atoms with Crippen molar-refractivity contribution in [1.29, 1.82) is 0 Å². The van der Waals surface area contributed by atoms with Crippen molar-refractivity contribution in [3.05, 3.63) is 42.4 Å². The second kappa shape index (κ2) is 4.75. The monoisotopic (exact) mass is 258 g/mol. The highest BCUT2D eigenvalue weighted by Crippen LogP contribution is 2.29. The van der Waals surface area contributed by atoms with Crippen LogP contribution < -0.4 is 5.73 Å². The van der Waals surface area contributed by atoms with Crippen molar-refractivity contribution in [3.63, 3.8) is 0 Å². The molecular formula is C12H10N4OS. The molecule has 2 aromatic heterocycles. The number of oxazole rings is 1. The summed E-state index contributed by atoms with van der Waals surface area (Å²) in [6.07, 6.45) is 3.25. The zero-order valence-electron chi connectivity index (χ0n) is 9.41. The Hall–Kier alpha value is -1.92. The normalized spacial score (nSPS) is 10.9. The van der Waals surface area contributed by atoms with Gasteiger partial charge in [-0.2, -0.15) is 0 Å². The van der Waals surface area contributed by atoms with E-state index in [4.69, 9.17) is 10.2 Å². The number of fused-ring (bicyclic) bond motifs is 1. The Morgan fingerprint density at radius 3 is 2.83 bits per heavy atom. The molecule has 18 heavy (non-hydrogen) atoms. The highest BCUT2D eigenvalue weighted by Gasteiger charge is 2.11. The van der Waals surface area contributed by atoms with Gasteiger partial charge in [0.05, 0.1) is 5.69 Å². The molecule has 0 fully saturated rings. The average Bonchev–Trinajstić information content (AvgIpc) is 2.81. The molecule has 0 aliphatic carbocycles. The predicted molar refractivity (Wildman–Crippen MR) is 68.1 cm³/mol. The maximum atomic E-state index is 5.61. The van der Waals surface area contributed by atoms with Crippen molar-refractivity contribution in [2.75, 3.05) is 0 Å². The molecular weight excluding hydrogens is 248 g/mol. The van der Waals surface area contributed by atoms with E-state index in [1.165, 1.54) is 11.8 Å². The molecule has 2 N–H and O–H groups in total. The van der Waals surface area contributed by atoms with Gasteiger partial charge in [-0.1, -0.05) is 12.1 Å². The molecule has 0 atom stereocenters. The fraction of sp³-hybridized carbons (Fsp3) is 0.0833. The lowest BCUT2D eigenvalue weighted by atomic mass is 10.3. The van der Waals surface area contributed by atoms with Crippen LogP contribution in [0.5, 0.6) is 0 Å². The second-order valence-corrected chi connectivity index (χ2v) is 4.50. The molecule has 0 saturated carbocycles. The van der Waals surface area contributed by atoms with Gasteiger partial charge in [-0.3, -0.25) is 4.98 Å². The van der Waals surface area contributed by atoms with E-state index < -0.39 is 0 Å². The van der Waals surface area contributed by atoms with Gasteiger partial charge in [0, 0.05) is 18.9 Å². The molecule has 0 aliphatic rings. The summed E-state index contributed by atoms with van der Waals surface area (Å²) in [6.45, 7) is 0.344. The van der Waals surface area contributed by atoms with Crippen molar-refractivity contribution in [1.82, 2.24) is 15.0 Å². The first kappa shape index (κ1) is 11.2. The first-order chi connectivity index (χ1) is 8.86. The van der Waals surface area contributed by atoms with Crippen LogP contribution in [-0.2, 0) is 6.54 Å². The van der Waals surface area contributed by atoms with E-state index >= 15 is 0 Å². The van der Waals surface area contributed by atoms with E-state index in [1.807, 2.05) is 24.3 Å². The first-order valence-electron chi connectivity index (χ1n) is 5.40. The van der Waals surface area contributed by atoms with Crippen LogP contribution in [0.2, 0.25) is 0 Å². The van der Waals surface area contributed by atoms with Gasteiger partial charge in [0.25, 0.3) is 5.22 Å². The molecule has 6 heteroatoms. The molecule has 0 radical (unpaired) electrons. The van der Waals surface area contributed by atoms with Gasteiger partial charge in [0.1, 0.15) is 10.5 Å². The summed E-state index contributed by atoms with van der Waals surface area (Å²) < 4.78 is 5.61. The van der Waals surface area contributed by atoms with Gasteiger partial charge in [-0.25, -0.2) is 9.97 Å². The van der Waals surface area contributed by atoms with E-state index in [2.05, 4.69) is 15.0 Å². The molecule has 3 aromatic rings. The minimum absolute atomic E-state index is 0.344. The molecule has 5 nitrogen and oxygen atoms in total. The van der Waals surface area contributed by atoms with Gasteiger partial charge in [-0.05, 0) is 23.9 Å². The van der Waals surface area contributed by atoms with E-state index in [1.54, 1.807) is 12.4 Å². The maximum Gasteiger partial charge on any atom is 0.263 e. The Bertz CT molecular complexity index is 649. The van der Waals surface area contributed by atoms with E-state index in [9.17, 15) is 0 Å². The van der Waals surface area contributed by atoms with Crippen LogP contribution >= 0.6 is 11.8 Å². The van der Waals surface area contributed by atoms with Crippen molar-refractivity contribution in [2.45, 2.75) is 16.8 Å². The average molecular weight is 258 g/mol. The lowest BCUT2D eigenvalue weighted by molar-refractivity contribution is 0.489. The molecule has 2 heterocycles. The van der Waals surface area contributed by atoms with Crippen LogP contribution in [0.4, 0.5) is 0 Å². The topological polar surface area (TPSA) is 77.8 Å². The Morgan fingerprint density at radius 2 is 2.00 bits per heavy atom. The lowest BCUT2D eigenvalue weighted by Gasteiger charge is -2.00. The van der Waals surface area contributed by atoms with Crippen LogP contribution in [0.3, 0.4) is 0 Å². The fourth-order valence-electron chi connectivity index (χ4n) is 1.56. The van der Waals surface area contributed by atoms with Gasteiger partial charge in [0.15, 0.2) is 5.58 Å². The summed E-state index contributed by atoms with van der Waals surface area (Å²) in [5.74, 6) is 0. The Kier molecular flexibility index (Phi) is 2.95. The molecule has 0 unspecified atom stereocenters. The van der Waals surface area contributed by atoms with Gasteiger partial charge in [-0.15, -0.1) is 0 Å². The maximum absolute atomic E-state index is 5.61. The summed E-state index contributed by atoms with van der Waals surface area (Å²) in [5, 5.41) is 1.28. The van der Waals surface area contributed by atoms with Crippen molar-refractivity contribution >= 4 is 22.9 Å². The van der Waals surface area contributed by atoms with Crippen LogP contribution in [0.15, 0.2) is 51.3 Å². The number of para-hydroxylation sites is 2. The molecule has 0 spiro atoms. The van der Waals surface area contributed by atoms with E-state index in [0.717, 1.165) is 21.8 Å². The molecule has 90 valence electrons. The second-order valence-electron chi connectivity index (χ2n) is 3.56. The number of nitrogens with two attached hydrogens (primary N) is 1. The third-order valence-electron chi connectivity index (χ3n) is 2.39. The number of nitrogens with zero attached hydrogens (tertiary/aromatic N) is 3. The molecule has 0 aliphatic heterocycles. The molecule has 0 amide bonds. The Labute approximate surface area is 107 Å². The smallest absolute Gasteiger partial charge is 0.263 e. The summed E-state index contributed by atoms with van der Waals surface area (Å²) in [6, 6.07) is 7.62. The Balaban J connectivity index is 1.96. The minimum Gasteiger partial charge on any atom is -0.431 e. The quantitative estimate of drug-likeness (QED) is 0.776. The van der Waals surface area contributed by atoms with Gasteiger partial charge < -0.3 is 10.2 Å². The number of aromatic nitrogens is 3. The van der Waals surface area contributed by atoms with Crippen LogP contribution in [0.25, 0.3) is 11.1 Å². The predicted octanol–water partition coefficient (Wildman–Crippen LogP) is 2.23. The number of hydrogen-bond donors (Lipinski definition) is 1. The van der Waals surface area contributed by atoms with Gasteiger partial charge >= 0.3 is 0 Å². The number of benzene rings is 1. The highest BCUT2D eigenvalue weighted by molar-refractivity contribution is 7.99. The van der Waals surface area contributed by atoms with Crippen LogP contribution in [-0.4, -0.2) is 15.0 Å². The zero-order valence-corrected chi connectivity index (χ0v) is 10.2. The molecule has 3 rings (SSSR count). The third kappa shape index (κ3) is 2.07. The van der Waals surface area contributed by atoms with Crippen LogP contribution in [0, 0.1) is 0 Å². The van der Waals surface area contributed by atoms with Crippen molar-refractivity contribution < 1.29 is 4.42 Å². The highest BCUT2D eigenvalue weighted by atomic mass is 32.2. The van der Waals surface area contributed by atoms with Crippen molar-refractivity contribution in [3.8, 4) is 0 Å². The summed E-state index contributed by atoms with van der Waals surface area (Å²) in [5.41, 5.74) is 7.95. The Morgan fingerprint density at radius 1 is 1.17 bits per heavy atom. The summed E-state index contributed by atoms with van der Waals surface area (Å²) in [4.78, 5) is 12.8. The molecule has 1 aromatic carbocycles. The zero-order chi connectivity index (χ0) is 12.4. The van der Waals surface area contributed by atoms with E-state index in [0.29, 0.717) is 11.8 Å². The number of rotatable bonds is 3. The lowest BCUT2D eigenvalue weighted by Crippen LogP contribution is -2.02. The van der Waals surface area contributed by atoms with Gasteiger partial charge in [0.2, 0.25) is 0 Å². The standard InChI is InChI=1S/C12H10N4OS/c13-7-9-11(15-6-5-14-9)18-12-16-8-3-1-2-4-10(8)17-12/h1-6H,7,13H2.